The first-order valence-electron chi connectivity index (χ1n) is 7.97. The van der Waals surface area contributed by atoms with Crippen molar-refractivity contribution in [3.63, 3.8) is 0 Å². The summed E-state index contributed by atoms with van der Waals surface area (Å²) < 4.78 is 0. The van der Waals surface area contributed by atoms with E-state index < -0.39 is 0 Å². The minimum Gasteiger partial charge on any atom is -0.336 e. The van der Waals surface area contributed by atoms with Crippen molar-refractivity contribution in [1.82, 2.24) is 15.1 Å². The quantitative estimate of drug-likeness (QED) is 0.844. The van der Waals surface area contributed by atoms with E-state index in [0.717, 1.165) is 13.1 Å². The van der Waals surface area contributed by atoms with Crippen LogP contribution in [-0.4, -0.2) is 54.6 Å². The predicted octanol–water partition coefficient (Wildman–Crippen LogP) is 2.55. The zero-order valence-electron chi connectivity index (χ0n) is 13.8. The van der Waals surface area contributed by atoms with E-state index in [0.29, 0.717) is 10.8 Å². The Balaban J connectivity index is 1.75. The van der Waals surface area contributed by atoms with Gasteiger partial charge in [-0.3, -0.25) is 0 Å². The molecule has 2 saturated heterocycles. The number of nitrogens with zero attached hydrogens (tertiary/aromatic N) is 2. The Morgan fingerprint density at radius 1 is 1.20 bits per heavy atom. The summed E-state index contributed by atoms with van der Waals surface area (Å²) in [5, 5.41) is 2.99. The first kappa shape index (κ1) is 15.6. The van der Waals surface area contributed by atoms with Gasteiger partial charge in [-0.15, -0.1) is 0 Å². The van der Waals surface area contributed by atoms with Crippen molar-refractivity contribution in [2.45, 2.75) is 53.5 Å². The SMILES string of the molecule is CC(C)NC(=O)N1CCC2(CC1)CN(CC(C)(C)C)C2. The third kappa shape index (κ3) is 3.87. The molecule has 2 rings (SSSR count). The van der Waals surface area contributed by atoms with Gasteiger partial charge in [-0.25, -0.2) is 4.79 Å². The zero-order chi connectivity index (χ0) is 15.0. The highest BCUT2D eigenvalue weighted by Crippen LogP contribution is 2.41. The maximum absolute atomic E-state index is 12.0. The Bertz CT molecular complexity index is 343. The van der Waals surface area contributed by atoms with Gasteiger partial charge in [0.05, 0.1) is 0 Å². The van der Waals surface area contributed by atoms with E-state index in [1.807, 2.05) is 18.7 Å². The molecule has 0 radical (unpaired) electrons. The molecule has 2 aliphatic rings. The van der Waals surface area contributed by atoms with Crippen molar-refractivity contribution < 1.29 is 4.79 Å². The molecule has 0 aromatic heterocycles. The summed E-state index contributed by atoms with van der Waals surface area (Å²) in [7, 11) is 0. The lowest BCUT2D eigenvalue weighted by atomic mass is 9.71. The van der Waals surface area contributed by atoms with Gasteiger partial charge in [0.25, 0.3) is 0 Å². The number of likely N-dealkylation sites (tertiary alicyclic amines) is 2. The van der Waals surface area contributed by atoms with Crippen LogP contribution in [0.15, 0.2) is 0 Å². The Labute approximate surface area is 123 Å². The van der Waals surface area contributed by atoms with Crippen LogP contribution in [-0.2, 0) is 0 Å². The van der Waals surface area contributed by atoms with Crippen LogP contribution in [0, 0.1) is 10.8 Å². The number of hydrogen-bond acceptors (Lipinski definition) is 2. The van der Waals surface area contributed by atoms with E-state index in [9.17, 15) is 4.79 Å². The van der Waals surface area contributed by atoms with Crippen LogP contribution in [0.4, 0.5) is 4.79 Å². The summed E-state index contributed by atoms with van der Waals surface area (Å²) in [6.45, 7) is 16.4. The lowest BCUT2D eigenvalue weighted by Crippen LogP contribution is -2.62. The second-order valence-corrected chi connectivity index (χ2v) is 8.30. The number of piperidine rings is 1. The van der Waals surface area contributed by atoms with Crippen LogP contribution in [0.2, 0.25) is 0 Å². The second kappa shape index (κ2) is 5.55. The Hall–Kier alpha value is -0.770. The number of carbonyl (C=O) groups excluding carboxylic acids is 1. The standard InChI is InChI=1S/C16H31N3O/c1-13(2)17-14(20)19-8-6-16(7-9-19)11-18(12-16)10-15(3,4)5/h13H,6-12H2,1-5H3,(H,17,20). The first-order chi connectivity index (χ1) is 9.19. The van der Waals surface area contributed by atoms with Gasteiger partial charge in [-0.1, -0.05) is 20.8 Å². The molecule has 2 fully saturated rings. The molecule has 0 aromatic rings. The van der Waals surface area contributed by atoms with Crippen molar-refractivity contribution >= 4 is 6.03 Å². The summed E-state index contributed by atoms with van der Waals surface area (Å²) in [5.74, 6) is 0. The molecule has 0 aromatic carbocycles. The summed E-state index contributed by atoms with van der Waals surface area (Å²) in [5.41, 5.74) is 0.888. The number of carbonyl (C=O) groups is 1. The Kier molecular flexibility index (Phi) is 4.33. The summed E-state index contributed by atoms with van der Waals surface area (Å²) in [6.07, 6.45) is 2.33. The Morgan fingerprint density at radius 3 is 2.20 bits per heavy atom. The van der Waals surface area contributed by atoms with Gasteiger partial charge < -0.3 is 15.1 Å². The van der Waals surface area contributed by atoms with Crippen molar-refractivity contribution in [1.29, 1.82) is 0 Å². The van der Waals surface area contributed by atoms with Crippen LogP contribution in [0.25, 0.3) is 0 Å². The van der Waals surface area contributed by atoms with E-state index >= 15 is 0 Å². The minimum absolute atomic E-state index is 0.112. The van der Waals surface area contributed by atoms with Gasteiger partial charge in [0.1, 0.15) is 0 Å². The largest absolute Gasteiger partial charge is 0.336 e. The molecule has 0 saturated carbocycles. The minimum atomic E-state index is 0.112. The highest BCUT2D eigenvalue weighted by Gasteiger charge is 2.45. The highest BCUT2D eigenvalue weighted by molar-refractivity contribution is 5.74. The first-order valence-corrected chi connectivity index (χ1v) is 7.97. The molecule has 0 atom stereocenters. The molecule has 1 N–H and O–H groups in total. The fraction of sp³-hybridized carbons (Fsp3) is 0.938. The van der Waals surface area contributed by atoms with Gasteiger partial charge in [-0.2, -0.15) is 0 Å². The molecule has 2 aliphatic heterocycles. The van der Waals surface area contributed by atoms with Gasteiger partial charge >= 0.3 is 6.03 Å². The molecule has 4 nitrogen and oxygen atoms in total. The van der Waals surface area contributed by atoms with Crippen LogP contribution in [0.1, 0.15) is 47.5 Å². The van der Waals surface area contributed by atoms with E-state index in [4.69, 9.17) is 0 Å². The van der Waals surface area contributed by atoms with Crippen molar-refractivity contribution in [3.05, 3.63) is 0 Å². The Morgan fingerprint density at radius 2 is 1.75 bits per heavy atom. The lowest BCUT2D eigenvalue weighted by Gasteiger charge is -2.55. The summed E-state index contributed by atoms with van der Waals surface area (Å²) >= 11 is 0. The van der Waals surface area contributed by atoms with E-state index in [1.54, 1.807) is 0 Å². The van der Waals surface area contributed by atoms with Crippen molar-refractivity contribution in [2.75, 3.05) is 32.7 Å². The molecule has 116 valence electrons. The monoisotopic (exact) mass is 281 g/mol. The molecule has 20 heavy (non-hydrogen) atoms. The van der Waals surface area contributed by atoms with Gasteiger partial charge in [0.2, 0.25) is 0 Å². The summed E-state index contributed by atoms with van der Waals surface area (Å²) in [4.78, 5) is 16.5. The van der Waals surface area contributed by atoms with E-state index in [1.165, 1.54) is 32.5 Å². The molecule has 4 heteroatoms. The number of urea groups is 1. The number of hydrogen-bond donors (Lipinski definition) is 1. The predicted molar refractivity (Wildman–Crippen MR) is 82.8 cm³/mol. The van der Waals surface area contributed by atoms with Crippen molar-refractivity contribution in [3.8, 4) is 0 Å². The molecule has 1 spiro atoms. The number of rotatable bonds is 2. The van der Waals surface area contributed by atoms with Gasteiger partial charge in [0.15, 0.2) is 0 Å². The second-order valence-electron chi connectivity index (χ2n) is 8.30. The maximum atomic E-state index is 12.0. The highest BCUT2D eigenvalue weighted by atomic mass is 16.2. The normalized spacial score (nSPS) is 23.0. The van der Waals surface area contributed by atoms with Crippen LogP contribution >= 0.6 is 0 Å². The molecule has 0 aliphatic carbocycles. The van der Waals surface area contributed by atoms with Gasteiger partial charge in [-0.05, 0) is 37.5 Å². The smallest absolute Gasteiger partial charge is 0.317 e. The molecule has 2 amide bonds. The fourth-order valence-electron chi connectivity index (χ4n) is 3.52. The molecule has 2 heterocycles. The van der Waals surface area contributed by atoms with Crippen LogP contribution < -0.4 is 5.32 Å². The molecule has 0 bridgehead atoms. The molecule has 0 unspecified atom stereocenters. The lowest BCUT2D eigenvalue weighted by molar-refractivity contribution is -0.0534. The maximum Gasteiger partial charge on any atom is 0.317 e. The average molecular weight is 281 g/mol. The summed E-state index contributed by atoms with van der Waals surface area (Å²) in [6, 6.07) is 0.338. The van der Waals surface area contributed by atoms with Gasteiger partial charge in [0, 0.05) is 38.8 Å². The van der Waals surface area contributed by atoms with Crippen molar-refractivity contribution in [2.24, 2.45) is 10.8 Å². The van der Waals surface area contributed by atoms with E-state index in [2.05, 4.69) is 31.0 Å². The molecular weight excluding hydrogens is 250 g/mol. The third-order valence-electron chi connectivity index (χ3n) is 4.34. The third-order valence-corrected chi connectivity index (χ3v) is 4.34. The van der Waals surface area contributed by atoms with Crippen LogP contribution in [0.3, 0.4) is 0 Å². The fourth-order valence-corrected chi connectivity index (χ4v) is 3.52. The average Bonchev–Trinajstić information content (AvgIpc) is 2.24. The number of nitrogens with one attached hydrogen (secondary N) is 1. The topological polar surface area (TPSA) is 35.6 Å². The zero-order valence-corrected chi connectivity index (χ0v) is 13.8. The molecular formula is C16H31N3O. The van der Waals surface area contributed by atoms with Crippen LogP contribution in [0.5, 0.6) is 0 Å². The van der Waals surface area contributed by atoms with E-state index in [-0.39, 0.29) is 12.1 Å². The number of amides is 2.